The Morgan fingerprint density at radius 2 is 2.17 bits per heavy atom. The summed E-state index contributed by atoms with van der Waals surface area (Å²) in [7, 11) is 0. The number of hydrogen-bond acceptors (Lipinski definition) is 0. The van der Waals surface area contributed by atoms with E-state index < -0.39 is 0 Å². The second-order valence-electron chi connectivity index (χ2n) is 1.55. The molecule has 0 amide bonds. The van der Waals surface area contributed by atoms with E-state index in [-0.39, 0.29) is 0 Å². The first-order chi connectivity index (χ1) is 2.91. The van der Waals surface area contributed by atoms with E-state index >= 15 is 0 Å². The van der Waals surface area contributed by atoms with E-state index in [4.69, 9.17) is 0 Å². The van der Waals surface area contributed by atoms with E-state index in [9.17, 15) is 0 Å². The van der Waals surface area contributed by atoms with Gasteiger partial charge in [-0.2, -0.15) is 0 Å². The topological polar surface area (TPSA) is 0 Å². The number of unbranched alkanes of at least 4 members (excludes halogenated alkanes) is 1. The van der Waals surface area contributed by atoms with Crippen molar-refractivity contribution in [3.63, 3.8) is 0 Å². The molecule has 35 valence electrons. The van der Waals surface area contributed by atoms with Gasteiger partial charge in [0.05, 0.1) is 0 Å². The van der Waals surface area contributed by atoms with Gasteiger partial charge >= 0.3 is 0 Å². The van der Waals surface area contributed by atoms with Gasteiger partial charge in [0.25, 0.3) is 0 Å². The molecular weight excluding hydrogens is 87.0 g/mol. The average molecular weight is 99.1 g/mol. The van der Waals surface area contributed by atoms with E-state index in [1.807, 2.05) is 0 Å². The Morgan fingerprint density at radius 3 is 2.33 bits per heavy atom. The van der Waals surface area contributed by atoms with Crippen molar-refractivity contribution in [1.82, 2.24) is 0 Å². The molecule has 1 heteroatoms. The van der Waals surface area contributed by atoms with Gasteiger partial charge < -0.3 is 0 Å². The molecule has 0 bridgehead atoms. The Morgan fingerprint density at radius 1 is 1.50 bits per heavy atom. The molecule has 0 aromatic rings. The molecule has 0 unspecified atom stereocenters. The smallest absolute Gasteiger partial charge is 0.115 e. The maximum Gasteiger partial charge on any atom is 0.195 e. The zero-order valence-electron chi connectivity index (χ0n) is 4.70. The van der Waals surface area contributed by atoms with Gasteiger partial charge in [0, 0.05) is 0 Å². The van der Waals surface area contributed by atoms with Crippen LogP contribution in [-0.2, 0) is 0 Å². The summed E-state index contributed by atoms with van der Waals surface area (Å²) in [5, 5.41) is 1.50. The normalized spacial score (nSPS) is 8.33. The van der Waals surface area contributed by atoms with E-state index in [1.54, 1.807) is 0 Å². The largest absolute Gasteiger partial charge is 0.195 e. The highest BCUT2D eigenvalue weighted by molar-refractivity contribution is 6.33. The Hall–Kier alpha value is 0.532. The van der Waals surface area contributed by atoms with Crippen LogP contribution in [0.15, 0.2) is 0 Å². The van der Waals surface area contributed by atoms with Crippen molar-refractivity contribution in [3.05, 3.63) is 0 Å². The summed E-state index contributed by atoms with van der Waals surface area (Å²) in [5.41, 5.74) is 0. The van der Waals surface area contributed by atoms with E-state index in [2.05, 4.69) is 12.7 Å². The van der Waals surface area contributed by atoms with Gasteiger partial charge in [0.15, 0.2) is 15.2 Å². The fourth-order valence-corrected chi connectivity index (χ4v) is 1.22. The lowest BCUT2D eigenvalue weighted by molar-refractivity contribution is 0.880. The maximum absolute atomic E-state index is 2.32. The summed E-state index contributed by atoms with van der Waals surface area (Å²) >= 11 is 0.784. The molecule has 0 aromatic carbocycles. The minimum atomic E-state index is 0.784. The molecular formula is C5H12Al. The van der Waals surface area contributed by atoms with Gasteiger partial charge in [-0.1, -0.05) is 19.8 Å². The highest BCUT2D eigenvalue weighted by Gasteiger charge is 1.78. The molecule has 0 atom stereocenters. The summed E-state index contributed by atoms with van der Waals surface area (Å²) in [6.45, 7) is 2.25. The average Bonchev–Trinajstić information content (AvgIpc) is 1.61. The van der Waals surface area contributed by atoms with Gasteiger partial charge in [0.1, 0.15) is 0 Å². The van der Waals surface area contributed by atoms with Gasteiger partial charge in [-0.3, -0.25) is 0 Å². The molecule has 0 heterocycles. The monoisotopic (exact) mass is 99.1 g/mol. The van der Waals surface area contributed by atoms with Crippen molar-refractivity contribution < 1.29 is 0 Å². The molecule has 0 saturated carbocycles. The molecule has 0 nitrogen and oxygen atoms in total. The molecule has 0 N–H and O–H groups in total. The molecule has 0 aliphatic rings. The summed E-state index contributed by atoms with van der Waals surface area (Å²) in [5.74, 6) is 2.32. The minimum Gasteiger partial charge on any atom is -0.115 e. The van der Waals surface area contributed by atoms with E-state index in [0.717, 1.165) is 15.2 Å². The SMILES string of the molecule is CCC[CH2][Al][CH3]. The molecule has 0 aromatic heterocycles. The van der Waals surface area contributed by atoms with Crippen LogP contribution in [0.4, 0.5) is 0 Å². The zero-order valence-corrected chi connectivity index (χ0v) is 5.85. The fraction of sp³-hybridized carbons (Fsp3) is 1.00. The fourth-order valence-electron chi connectivity index (χ4n) is 0.408. The van der Waals surface area contributed by atoms with Crippen molar-refractivity contribution in [2.45, 2.75) is 30.8 Å². The molecule has 1 radical (unpaired) electrons. The summed E-state index contributed by atoms with van der Waals surface area (Å²) in [6.07, 6.45) is 2.83. The lowest BCUT2D eigenvalue weighted by Gasteiger charge is -1.84. The van der Waals surface area contributed by atoms with Crippen molar-refractivity contribution in [2.75, 3.05) is 0 Å². The third-order valence-corrected chi connectivity index (χ3v) is 1.83. The lowest BCUT2D eigenvalue weighted by Crippen LogP contribution is -1.76. The summed E-state index contributed by atoms with van der Waals surface area (Å²) in [6, 6.07) is 0. The Labute approximate surface area is 46.7 Å². The van der Waals surface area contributed by atoms with E-state index in [0.29, 0.717) is 0 Å². The zero-order chi connectivity index (χ0) is 4.83. The van der Waals surface area contributed by atoms with Gasteiger partial charge in [0.2, 0.25) is 0 Å². The summed E-state index contributed by atoms with van der Waals surface area (Å²) in [4.78, 5) is 0. The first-order valence-corrected chi connectivity index (χ1v) is 4.66. The predicted octanol–water partition coefficient (Wildman–Crippen LogP) is 1.96. The van der Waals surface area contributed by atoms with Gasteiger partial charge in [-0.05, 0) is 0 Å². The second-order valence-corrected chi connectivity index (χ2v) is 2.94. The van der Waals surface area contributed by atoms with Crippen LogP contribution in [0.2, 0.25) is 11.1 Å². The summed E-state index contributed by atoms with van der Waals surface area (Å²) < 4.78 is 0. The highest BCUT2D eigenvalue weighted by Crippen LogP contribution is 1.90. The lowest BCUT2D eigenvalue weighted by atomic mass is 10.4. The number of hydrogen-bond donors (Lipinski definition) is 0. The maximum atomic E-state index is 2.32. The Balaban J connectivity index is 2.34. The highest BCUT2D eigenvalue weighted by atomic mass is 27.1. The number of rotatable bonds is 3. The van der Waals surface area contributed by atoms with Crippen LogP contribution < -0.4 is 0 Å². The van der Waals surface area contributed by atoms with Crippen molar-refractivity contribution in [1.29, 1.82) is 0 Å². The van der Waals surface area contributed by atoms with Crippen molar-refractivity contribution >= 4 is 15.2 Å². The Bertz CT molecular complexity index is 15.9. The van der Waals surface area contributed by atoms with Crippen LogP contribution in [0.3, 0.4) is 0 Å². The molecule has 0 aliphatic heterocycles. The van der Waals surface area contributed by atoms with Crippen LogP contribution in [0.1, 0.15) is 19.8 Å². The van der Waals surface area contributed by atoms with Crippen LogP contribution >= 0.6 is 0 Å². The van der Waals surface area contributed by atoms with Crippen LogP contribution in [0.5, 0.6) is 0 Å². The Kier molecular flexibility index (Phi) is 6.02. The molecule has 0 rings (SSSR count). The molecule has 6 heavy (non-hydrogen) atoms. The standard InChI is InChI=1S/C4H9.CH3.Al/c1-3-4-2;;/h1,3-4H2,2H3;1H3;. The van der Waals surface area contributed by atoms with Crippen molar-refractivity contribution in [3.8, 4) is 0 Å². The minimum absolute atomic E-state index is 0.784. The van der Waals surface area contributed by atoms with Crippen LogP contribution in [0.25, 0.3) is 0 Å². The van der Waals surface area contributed by atoms with Gasteiger partial charge in [-0.15, -0.1) is 11.1 Å². The first kappa shape index (κ1) is 6.53. The second kappa shape index (κ2) is 5.53. The van der Waals surface area contributed by atoms with Crippen LogP contribution in [-0.4, -0.2) is 15.2 Å². The molecule has 0 aliphatic carbocycles. The quantitative estimate of drug-likeness (QED) is 0.375. The van der Waals surface area contributed by atoms with Crippen LogP contribution in [0, 0.1) is 0 Å². The third kappa shape index (κ3) is 4.53. The predicted molar refractivity (Wildman–Crippen MR) is 31.3 cm³/mol. The van der Waals surface area contributed by atoms with Crippen molar-refractivity contribution in [2.24, 2.45) is 0 Å². The molecule has 0 fully saturated rings. The first-order valence-electron chi connectivity index (χ1n) is 2.69. The van der Waals surface area contributed by atoms with Gasteiger partial charge in [-0.25, -0.2) is 0 Å². The molecule has 0 saturated heterocycles. The third-order valence-electron chi connectivity index (χ3n) is 0.846. The molecule has 0 spiro atoms. The van der Waals surface area contributed by atoms with E-state index in [1.165, 1.54) is 18.1 Å².